The molecule has 100 valence electrons. The molecule has 18 heavy (non-hydrogen) atoms. The lowest BCUT2D eigenvalue weighted by Gasteiger charge is -2.22. The Kier molecular flexibility index (Phi) is 5.32. The zero-order valence-corrected chi connectivity index (χ0v) is 11.2. The van der Waals surface area contributed by atoms with Gasteiger partial charge in [-0.2, -0.15) is 0 Å². The summed E-state index contributed by atoms with van der Waals surface area (Å²) in [6, 6.07) is 0. The third-order valence-corrected chi connectivity index (χ3v) is 3.90. The van der Waals surface area contributed by atoms with Crippen LogP contribution in [0.5, 0.6) is 0 Å². The molecule has 0 heterocycles. The van der Waals surface area contributed by atoms with Crippen molar-refractivity contribution in [1.82, 2.24) is 0 Å². The first-order chi connectivity index (χ1) is 8.60. The van der Waals surface area contributed by atoms with Gasteiger partial charge in [0.15, 0.2) is 0 Å². The zero-order valence-electron chi connectivity index (χ0n) is 11.2. The number of esters is 1. The van der Waals surface area contributed by atoms with Crippen molar-refractivity contribution in [3.05, 3.63) is 25.3 Å². The first-order valence-electron chi connectivity index (χ1n) is 6.44. The molecule has 4 atom stereocenters. The Bertz CT molecular complexity index is 346. The molecule has 1 aliphatic carbocycles. The predicted molar refractivity (Wildman–Crippen MR) is 70.9 cm³/mol. The number of ether oxygens (including phenoxy) is 1. The summed E-state index contributed by atoms with van der Waals surface area (Å²) in [6.45, 7) is 9.35. The van der Waals surface area contributed by atoms with Crippen molar-refractivity contribution in [1.29, 1.82) is 0 Å². The van der Waals surface area contributed by atoms with Gasteiger partial charge in [0.1, 0.15) is 5.78 Å². The van der Waals surface area contributed by atoms with E-state index in [0.29, 0.717) is 6.42 Å². The van der Waals surface area contributed by atoms with E-state index < -0.39 is 0 Å². The molecule has 0 saturated heterocycles. The summed E-state index contributed by atoms with van der Waals surface area (Å²) in [5.74, 6) is -0.557. The Morgan fingerprint density at radius 2 is 2.00 bits per heavy atom. The van der Waals surface area contributed by atoms with E-state index in [4.69, 9.17) is 4.74 Å². The second kappa shape index (κ2) is 6.53. The van der Waals surface area contributed by atoms with Crippen molar-refractivity contribution in [3.8, 4) is 0 Å². The molecule has 0 aromatic rings. The van der Waals surface area contributed by atoms with Gasteiger partial charge in [0.25, 0.3) is 0 Å². The molecule has 1 rings (SSSR count). The van der Waals surface area contributed by atoms with E-state index in [0.717, 1.165) is 12.8 Å². The highest BCUT2D eigenvalue weighted by atomic mass is 16.5. The van der Waals surface area contributed by atoms with Crippen molar-refractivity contribution in [3.63, 3.8) is 0 Å². The van der Waals surface area contributed by atoms with Gasteiger partial charge in [-0.3, -0.25) is 9.59 Å². The average Bonchev–Trinajstić information content (AvgIpc) is 2.75. The van der Waals surface area contributed by atoms with Gasteiger partial charge in [-0.1, -0.05) is 19.1 Å². The SMILES string of the molecule is C=CC[C@@H]1C[C@H](C=C)[C@H](C(=O)CC)[C@@H]1C(=O)OC. The maximum Gasteiger partial charge on any atom is 0.309 e. The molecule has 0 spiro atoms. The third kappa shape index (κ3) is 2.71. The normalized spacial score (nSPS) is 30.8. The van der Waals surface area contributed by atoms with E-state index in [1.165, 1.54) is 7.11 Å². The second-order valence-electron chi connectivity index (χ2n) is 4.81. The van der Waals surface area contributed by atoms with Gasteiger partial charge in [0, 0.05) is 12.3 Å². The lowest BCUT2D eigenvalue weighted by atomic mass is 9.82. The standard InChI is InChI=1S/C15H22O3/c1-5-8-11-9-10(6-2)13(12(16)7-3)14(11)15(17)18-4/h5-6,10-11,13-14H,1-2,7-9H2,3-4H3/t10-,11+,13+,14+/m0/s1. The van der Waals surface area contributed by atoms with Crippen LogP contribution < -0.4 is 0 Å². The van der Waals surface area contributed by atoms with Gasteiger partial charge in [0.05, 0.1) is 13.0 Å². The molecule has 0 amide bonds. The quantitative estimate of drug-likeness (QED) is 0.538. The highest BCUT2D eigenvalue weighted by Crippen LogP contribution is 2.45. The first-order valence-corrected chi connectivity index (χ1v) is 6.44. The van der Waals surface area contributed by atoms with E-state index >= 15 is 0 Å². The highest BCUT2D eigenvalue weighted by Gasteiger charge is 2.48. The van der Waals surface area contributed by atoms with Gasteiger partial charge < -0.3 is 4.74 Å². The Labute approximate surface area is 109 Å². The molecular weight excluding hydrogens is 228 g/mol. The van der Waals surface area contributed by atoms with Crippen molar-refractivity contribution < 1.29 is 14.3 Å². The topological polar surface area (TPSA) is 43.4 Å². The molecule has 0 bridgehead atoms. The summed E-state index contributed by atoms with van der Waals surface area (Å²) >= 11 is 0. The van der Waals surface area contributed by atoms with Crippen LogP contribution in [0.3, 0.4) is 0 Å². The maximum absolute atomic E-state index is 12.1. The van der Waals surface area contributed by atoms with Crippen LogP contribution in [-0.4, -0.2) is 18.9 Å². The fourth-order valence-electron chi connectivity index (χ4n) is 3.05. The number of hydrogen-bond donors (Lipinski definition) is 0. The van der Waals surface area contributed by atoms with Gasteiger partial charge in [-0.25, -0.2) is 0 Å². The predicted octanol–water partition coefficient (Wildman–Crippen LogP) is 2.77. The molecular formula is C15H22O3. The Morgan fingerprint density at radius 1 is 1.33 bits per heavy atom. The molecule has 0 aromatic carbocycles. The van der Waals surface area contributed by atoms with E-state index in [2.05, 4.69) is 13.2 Å². The third-order valence-electron chi connectivity index (χ3n) is 3.90. The molecule has 1 saturated carbocycles. The summed E-state index contributed by atoms with van der Waals surface area (Å²) < 4.78 is 4.87. The van der Waals surface area contributed by atoms with Crippen LogP contribution in [0.15, 0.2) is 25.3 Å². The zero-order chi connectivity index (χ0) is 13.7. The lowest BCUT2D eigenvalue weighted by molar-refractivity contribution is -0.150. The van der Waals surface area contributed by atoms with Crippen molar-refractivity contribution in [2.24, 2.45) is 23.7 Å². The Balaban J connectivity index is 3.06. The Hall–Kier alpha value is -1.38. The maximum atomic E-state index is 12.1. The molecule has 3 nitrogen and oxygen atoms in total. The first kappa shape index (κ1) is 14.7. The van der Waals surface area contributed by atoms with E-state index in [9.17, 15) is 9.59 Å². The van der Waals surface area contributed by atoms with Gasteiger partial charge in [-0.05, 0) is 24.7 Å². The van der Waals surface area contributed by atoms with Crippen LogP contribution >= 0.6 is 0 Å². The van der Waals surface area contributed by atoms with Gasteiger partial charge in [0.2, 0.25) is 0 Å². The molecule has 0 aliphatic heterocycles. The van der Waals surface area contributed by atoms with Crippen LogP contribution in [0.25, 0.3) is 0 Å². The molecule has 3 heteroatoms. The minimum atomic E-state index is -0.344. The summed E-state index contributed by atoms with van der Waals surface area (Å²) in [6.07, 6.45) is 5.60. The lowest BCUT2D eigenvalue weighted by Crippen LogP contribution is -2.32. The summed E-state index contributed by atoms with van der Waals surface area (Å²) in [5, 5.41) is 0. The van der Waals surface area contributed by atoms with Crippen LogP contribution in [-0.2, 0) is 14.3 Å². The molecule has 0 aromatic heterocycles. The molecule has 0 radical (unpaired) electrons. The monoisotopic (exact) mass is 250 g/mol. The van der Waals surface area contributed by atoms with Crippen LogP contribution in [0, 0.1) is 23.7 Å². The minimum Gasteiger partial charge on any atom is -0.469 e. The average molecular weight is 250 g/mol. The number of methoxy groups -OCH3 is 1. The van der Waals surface area contributed by atoms with Crippen LogP contribution in [0.4, 0.5) is 0 Å². The minimum absolute atomic E-state index is 0.0755. The highest BCUT2D eigenvalue weighted by molar-refractivity contribution is 5.88. The molecule has 1 aliphatic rings. The summed E-state index contributed by atoms with van der Waals surface area (Å²) in [4.78, 5) is 24.0. The number of ketones is 1. The summed E-state index contributed by atoms with van der Waals surface area (Å²) in [7, 11) is 1.38. The number of allylic oxidation sites excluding steroid dienone is 2. The van der Waals surface area contributed by atoms with Crippen LogP contribution in [0.2, 0.25) is 0 Å². The Morgan fingerprint density at radius 3 is 2.44 bits per heavy atom. The number of hydrogen-bond acceptors (Lipinski definition) is 3. The molecule has 1 fully saturated rings. The number of rotatable bonds is 6. The van der Waals surface area contributed by atoms with Crippen molar-refractivity contribution >= 4 is 11.8 Å². The van der Waals surface area contributed by atoms with Crippen LogP contribution in [0.1, 0.15) is 26.2 Å². The van der Waals surface area contributed by atoms with Crippen molar-refractivity contribution in [2.45, 2.75) is 26.2 Å². The van der Waals surface area contributed by atoms with Crippen molar-refractivity contribution in [2.75, 3.05) is 7.11 Å². The largest absolute Gasteiger partial charge is 0.469 e. The van der Waals surface area contributed by atoms with E-state index in [-0.39, 0.29) is 35.4 Å². The number of carbonyl (C=O) groups is 2. The fraction of sp³-hybridized carbons (Fsp3) is 0.600. The fourth-order valence-corrected chi connectivity index (χ4v) is 3.05. The number of carbonyl (C=O) groups excluding carboxylic acids is 2. The molecule has 0 N–H and O–H groups in total. The number of Topliss-reactive ketones (excluding diaryl/α,β-unsaturated/α-hetero) is 1. The van der Waals surface area contributed by atoms with E-state index in [1.807, 2.05) is 6.92 Å². The smallest absolute Gasteiger partial charge is 0.309 e. The van der Waals surface area contributed by atoms with Gasteiger partial charge >= 0.3 is 5.97 Å². The van der Waals surface area contributed by atoms with E-state index in [1.54, 1.807) is 12.2 Å². The molecule has 0 unspecified atom stereocenters. The van der Waals surface area contributed by atoms with Gasteiger partial charge in [-0.15, -0.1) is 13.2 Å². The summed E-state index contributed by atoms with van der Waals surface area (Å²) in [5.41, 5.74) is 0. The second-order valence-corrected chi connectivity index (χ2v) is 4.81.